The maximum atomic E-state index is 3.99. The van der Waals surface area contributed by atoms with Crippen LogP contribution >= 0.6 is 0 Å². The zero-order valence-electron chi connectivity index (χ0n) is 6.92. The minimum atomic E-state index is -0.159. The summed E-state index contributed by atoms with van der Waals surface area (Å²) in [5, 5.41) is 11.6. The molecular weight excluding hydrogens is 126 g/mol. The normalized spacial score (nSPS) is 21.9. The summed E-state index contributed by atoms with van der Waals surface area (Å²) >= 11 is 0. The molecule has 0 radical (unpaired) electrons. The molecule has 1 heterocycles. The Morgan fingerprint density at radius 2 is 1.90 bits per heavy atom. The van der Waals surface area contributed by atoms with Gasteiger partial charge in [0.2, 0.25) is 0 Å². The lowest BCUT2D eigenvalue weighted by Crippen LogP contribution is -2.30. The fourth-order valence-electron chi connectivity index (χ4n) is 1.18. The lowest BCUT2D eigenvalue weighted by atomic mass is 9.91. The third-order valence-corrected chi connectivity index (χ3v) is 1.62. The van der Waals surface area contributed by atoms with E-state index in [1.54, 1.807) is 0 Å². The van der Waals surface area contributed by atoms with Gasteiger partial charge in [0.25, 0.3) is 0 Å². The number of hydrogen-bond acceptors (Lipinski definition) is 3. The summed E-state index contributed by atoms with van der Waals surface area (Å²) < 4.78 is 0. The van der Waals surface area contributed by atoms with E-state index < -0.39 is 0 Å². The van der Waals surface area contributed by atoms with Crippen molar-refractivity contribution in [2.45, 2.75) is 33.2 Å². The molecule has 0 atom stereocenters. The summed E-state index contributed by atoms with van der Waals surface area (Å²) in [6, 6.07) is 0. The topological polar surface area (TPSA) is 37.1 Å². The molecule has 0 aromatic rings. The summed E-state index contributed by atoms with van der Waals surface area (Å²) in [7, 11) is 0. The maximum absolute atomic E-state index is 3.99. The second-order valence-corrected chi connectivity index (χ2v) is 3.39. The van der Waals surface area contributed by atoms with Crippen molar-refractivity contribution in [1.82, 2.24) is 0 Å². The molecule has 0 aromatic carbocycles. The van der Waals surface area contributed by atoms with Crippen molar-refractivity contribution in [3.05, 3.63) is 0 Å². The summed E-state index contributed by atoms with van der Waals surface area (Å²) in [4.78, 5) is 0. The molecule has 0 spiro atoms. The summed E-state index contributed by atoms with van der Waals surface area (Å²) in [6.07, 6.45) is 0. The van der Waals surface area contributed by atoms with Gasteiger partial charge in [-0.2, -0.15) is 5.11 Å². The van der Waals surface area contributed by atoms with Crippen LogP contribution in [0, 0.1) is 5.92 Å². The van der Waals surface area contributed by atoms with Crippen molar-refractivity contribution < 1.29 is 0 Å². The smallest absolute Gasteiger partial charge is 0.118 e. The first-order valence-electron chi connectivity index (χ1n) is 3.54. The lowest BCUT2D eigenvalue weighted by molar-refractivity contribution is 0.648. The zero-order chi connectivity index (χ0) is 7.78. The van der Waals surface area contributed by atoms with E-state index in [0.29, 0.717) is 5.92 Å². The first-order chi connectivity index (χ1) is 4.54. The van der Waals surface area contributed by atoms with Crippen LogP contribution in [0.15, 0.2) is 15.4 Å². The molecule has 0 saturated carbocycles. The molecule has 1 aliphatic rings. The van der Waals surface area contributed by atoms with Gasteiger partial charge in [-0.05, 0) is 25.0 Å². The third kappa shape index (κ3) is 1.08. The van der Waals surface area contributed by atoms with E-state index in [9.17, 15) is 0 Å². The van der Waals surface area contributed by atoms with Gasteiger partial charge in [-0.3, -0.25) is 0 Å². The average Bonchev–Trinajstić information content (AvgIpc) is 2.08. The number of nitrogens with zero attached hydrogens (tertiary/aromatic N) is 3. The van der Waals surface area contributed by atoms with Gasteiger partial charge < -0.3 is 0 Å². The predicted molar refractivity (Wildman–Crippen MR) is 41.2 cm³/mol. The monoisotopic (exact) mass is 139 g/mol. The van der Waals surface area contributed by atoms with E-state index >= 15 is 0 Å². The fourth-order valence-corrected chi connectivity index (χ4v) is 1.18. The van der Waals surface area contributed by atoms with Crippen LogP contribution < -0.4 is 0 Å². The summed E-state index contributed by atoms with van der Waals surface area (Å²) in [5.74, 6) is 0.449. The van der Waals surface area contributed by atoms with E-state index in [1.807, 2.05) is 13.8 Å². The van der Waals surface area contributed by atoms with Crippen LogP contribution in [0.1, 0.15) is 27.7 Å². The van der Waals surface area contributed by atoms with Crippen LogP contribution in [0.3, 0.4) is 0 Å². The Morgan fingerprint density at radius 1 is 1.30 bits per heavy atom. The molecule has 0 saturated heterocycles. The van der Waals surface area contributed by atoms with Gasteiger partial charge in [-0.25, -0.2) is 0 Å². The van der Waals surface area contributed by atoms with E-state index in [4.69, 9.17) is 0 Å². The van der Waals surface area contributed by atoms with Crippen LogP contribution in [0.25, 0.3) is 0 Å². The Morgan fingerprint density at radius 3 is 2.10 bits per heavy atom. The molecule has 0 fully saturated rings. The molecular formula is C7H13N3. The first kappa shape index (κ1) is 7.38. The summed E-state index contributed by atoms with van der Waals surface area (Å²) in [6.45, 7) is 8.28. The van der Waals surface area contributed by atoms with Gasteiger partial charge in [0.15, 0.2) is 0 Å². The van der Waals surface area contributed by atoms with Crippen LogP contribution in [-0.2, 0) is 0 Å². The van der Waals surface area contributed by atoms with Crippen molar-refractivity contribution >= 4 is 5.71 Å². The Kier molecular flexibility index (Phi) is 1.58. The molecule has 0 amide bonds. The first-order valence-corrected chi connectivity index (χ1v) is 3.54. The Labute approximate surface area is 61.2 Å². The van der Waals surface area contributed by atoms with Gasteiger partial charge in [0, 0.05) is 0 Å². The number of hydrogen-bond donors (Lipinski definition) is 0. The van der Waals surface area contributed by atoms with Gasteiger partial charge in [-0.1, -0.05) is 13.8 Å². The SMILES string of the molecule is CC(C)C1=NN=NC1(C)C. The Hall–Kier alpha value is -0.730. The molecule has 1 rings (SSSR count). The molecule has 56 valence electrons. The van der Waals surface area contributed by atoms with Gasteiger partial charge >= 0.3 is 0 Å². The molecule has 0 aliphatic carbocycles. The molecule has 10 heavy (non-hydrogen) atoms. The molecule has 0 N–H and O–H groups in total. The van der Waals surface area contributed by atoms with Crippen molar-refractivity contribution in [2.24, 2.45) is 21.4 Å². The quantitative estimate of drug-likeness (QED) is 0.534. The predicted octanol–water partition coefficient (Wildman–Crippen LogP) is 2.24. The molecule has 0 unspecified atom stereocenters. The van der Waals surface area contributed by atoms with Gasteiger partial charge in [0.1, 0.15) is 5.54 Å². The molecule has 1 aliphatic heterocycles. The minimum absolute atomic E-state index is 0.159. The Bertz CT molecular complexity index is 189. The number of rotatable bonds is 1. The molecule has 0 bridgehead atoms. The largest absolute Gasteiger partial charge is 0.157 e. The third-order valence-electron chi connectivity index (χ3n) is 1.62. The van der Waals surface area contributed by atoms with Gasteiger partial charge in [0.05, 0.1) is 5.71 Å². The highest BCUT2D eigenvalue weighted by molar-refractivity contribution is 5.95. The minimum Gasteiger partial charge on any atom is -0.157 e. The summed E-state index contributed by atoms with van der Waals surface area (Å²) in [5.41, 5.74) is 0.918. The van der Waals surface area contributed by atoms with Crippen molar-refractivity contribution in [3.8, 4) is 0 Å². The van der Waals surface area contributed by atoms with Crippen molar-refractivity contribution in [2.75, 3.05) is 0 Å². The van der Waals surface area contributed by atoms with Crippen LogP contribution in [0.4, 0.5) is 0 Å². The van der Waals surface area contributed by atoms with Crippen LogP contribution in [0.5, 0.6) is 0 Å². The molecule has 0 aromatic heterocycles. The van der Waals surface area contributed by atoms with E-state index in [-0.39, 0.29) is 5.54 Å². The Balaban J connectivity index is 2.83. The standard InChI is InChI=1S/C7H13N3/c1-5(2)6-7(3,4)9-10-8-6/h5H,1-4H3. The average molecular weight is 139 g/mol. The van der Waals surface area contributed by atoms with E-state index in [1.165, 1.54) is 0 Å². The fraction of sp³-hybridized carbons (Fsp3) is 0.857. The zero-order valence-corrected chi connectivity index (χ0v) is 6.92. The second kappa shape index (κ2) is 2.15. The molecule has 3 nitrogen and oxygen atoms in total. The second-order valence-electron chi connectivity index (χ2n) is 3.39. The van der Waals surface area contributed by atoms with Crippen molar-refractivity contribution in [3.63, 3.8) is 0 Å². The molecule has 3 heteroatoms. The highest BCUT2D eigenvalue weighted by atomic mass is 15.4. The van der Waals surface area contributed by atoms with E-state index in [0.717, 1.165) is 5.71 Å². The highest BCUT2D eigenvalue weighted by Gasteiger charge is 2.30. The maximum Gasteiger partial charge on any atom is 0.118 e. The lowest BCUT2D eigenvalue weighted by Gasteiger charge is -2.17. The van der Waals surface area contributed by atoms with Crippen LogP contribution in [-0.4, -0.2) is 11.3 Å². The van der Waals surface area contributed by atoms with Gasteiger partial charge in [-0.15, -0.1) is 5.10 Å². The highest BCUT2D eigenvalue weighted by Crippen LogP contribution is 2.22. The van der Waals surface area contributed by atoms with Crippen LogP contribution in [0.2, 0.25) is 0 Å². The van der Waals surface area contributed by atoms with Crippen molar-refractivity contribution in [1.29, 1.82) is 0 Å². The van der Waals surface area contributed by atoms with E-state index in [2.05, 4.69) is 29.3 Å².